The van der Waals surface area contributed by atoms with E-state index in [9.17, 15) is 0 Å². The van der Waals surface area contributed by atoms with Crippen molar-refractivity contribution in [3.8, 4) is 16.9 Å². The van der Waals surface area contributed by atoms with E-state index >= 15 is 0 Å². The first kappa shape index (κ1) is 21.3. The van der Waals surface area contributed by atoms with Crippen LogP contribution in [-0.2, 0) is 6.54 Å². The molecule has 1 saturated heterocycles. The molecule has 0 spiro atoms. The Morgan fingerprint density at radius 2 is 1.90 bits per heavy atom. The van der Waals surface area contributed by atoms with E-state index in [1.165, 1.54) is 19.3 Å². The molecule has 3 aromatic rings. The van der Waals surface area contributed by atoms with Gasteiger partial charge in [-0.1, -0.05) is 43.1 Å². The van der Waals surface area contributed by atoms with Crippen LogP contribution in [0.4, 0.5) is 5.82 Å². The molecule has 3 heterocycles. The lowest BCUT2D eigenvalue weighted by atomic mass is 10.0. The van der Waals surface area contributed by atoms with Gasteiger partial charge in [0.2, 0.25) is 0 Å². The number of piperidine rings is 1. The molecule has 2 aromatic heterocycles. The molecule has 0 atom stereocenters. The number of aromatic nitrogens is 2. The molecule has 160 valence electrons. The number of fused-ring (bicyclic) bond motifs is 1. The van der Waals surface area contributed by atoms with E-state index in [1.54, 1.807) is 6.07 Å². The zero-order valence-electron chi connectivity index (χ0n) is 17.5. The van der Waals surface area contributed by atoms with Gasteiger partial charge in [-0.3, -0.25) is 4.40 Å². The van der Waals surface area contributed by atoms with Crippen molar-refractivity contribution in [1.29, 1.82) is 0 Å². The number of anilines is 1. The SMILES string of the molecule is CC(C)COc1c(CN)c(-c2ccc(Cl)cc2Cl)cn2c(N3CCCCC3)cnc12. The van der Waals surface area contributed by atoms with E-state index in [0.717, 1.165) is 47.0 Å². The van der Waals surface area contributed by atoms with Gasteiger partial charge in [-0.15, -0.1) is 0 Å². The lowest BCUT2D eigenvalue weighted by Crippen LogP contribution is -2.30. The van der Waals surface area contributed by atoms with Crippen LogP contribution in [0.25, 0.3) is 16.8 Å². The number of ether oxygens (including phenoxy) is 1. The zero-order chi connectivity index (χ0) is 21.3. The Labute approximate surface area is 187 Å². The first-order chi connectivity index (χ1) is 14.5. The quantitative estimate of drug-likeness (QED) is 0.520. The summed E-state index contributed by atoms with van der Waals surface area (Å²) in [5.41, 5.74) is 9.75. The van der Waals surface area contributed by atoms with Crippen molar-refractivity contribution in [2.45, 2.75) is 39.7 Å². The van der Waals surface area contributed by atoms with Gasteiger partial charge < -0.3 is 15.4 Å². The molecular weight excluding hydrogens is 419 g/mol. The molecule has 7 heteroatoms. The minimum absolute atomic E-state index is 0.324. The maximum atomic E-state index is 6.59. The number of nitrogens with two attached hydrogens (primary N) is 1. The topological polar surface area (TPSA) is 55.8 Å². The van der Waals surface area contributed by atoms with Gasteiger partial charge >= 0.3 is 0 Å². The van der Waals surface area contributed by atoms with Crippen molar-refractivity contribution in [3.05, 3.63) is 46.2 Å². The van der Waals surface area contributed by atoms with Crippen molar-refractivity contribution in [3.63, 3.8) is 0 Å². The van der Waals surface area contributed by atoms with Gasteiger partial charge in [0.25, 0.3) is 0 Å². The molecule has 0 aliphatic carbocycles. The van der Waals surface area contributed by atoms with Crippen LogP contribution >= 0.6 is 23.2 Å². The molecule has 1 fully saturated rings. The standard InChI is InChI=1S/C23H28Cl2N4O/c1-15(2)14-30-22-18(11-26)19(17-7-6-16(24)10-20(17)25)13-29-21(12-27-23(22)29)28-8-4-3-5-9-28/h6-7,10,12-13,15H,3-5,8-9,11,14,26H2,1-2H3. The number of hydrogen-bond acceptors (Lipinski definition) is 4. The molecule has 1 aliphatic heterocycles. The van der Waals surface area contributed by atoms with Crippen molar-refractivity contribution in [2.75, 3.05) is 24.6 Å². The first-order valence-corrected chi connectivity index (χ1v) is 11.3. The average Bonchev–Trinajstić information content (AvgIpc) is 3.15. The molecule has 0 saturated carbocycles. The molecule has 30 heavy (non-hydrogen) atoms. The summed E-state index contributed by atoms with van der Waals surface area (Å²) in [7, 11) is 0. The van der Waals surface area contributed by atoms with Crippen molar-refractivity contribution < 1.29 is 4.74 Å². The molecule has 0 bridgehead atoms. The maximum Gasteiger partial charge on any atom is 0.181 e. The minimum Gasteiger partial charge on any atom is -0.489 e. The predicted molar refractivity (Wildman–Crippen MR) is 125 cm³/mol. The number of benzene rings is 1. The molecule has 0 amide bonds. The van der Waals surface area contributed by atoms with Crippen molar-refractivity contribution in [1.82, 2.24) is 9.38 Å². The van der Waals surface area contributed by atoms with Crippen LogP contribution in [0, 0.1) is 5.92 Å². The summed E-state index contributed by atoms with van der Waals surface area (Å²) in [6, 6.07) is 5.55. The number of pyridine rings is 1. The fourth-order valence-corrected chi connectivity index (χ4v) is 4.52. The molecule has 5 nitrogen and oxygen atoms in total. The van der Waals surface area contributed by atoms with Crippen LogP contribution in [0.2, 0.25) is 10.0 Å². The summed E-state index contributed by atoms with van der Waals surface area (Å²) in [5, 5.41) is 1.19. The molecule has 0 unspecified atom stereocenters. The Hall–Kier alpha value is -1.95. The summed E-state index contributed by atoms with van der Waals surface area (Å²) < 4.78 is 8.40. The third-order valence-corrected chi connectivity index (χ3v) is 6.05. The summed E-state index contributed by atoms with van der Waals surface area (Å²) in [6.45, 7) is 7.24. The van der Waals surface area contributed by atoms with E-state index in [4.69, 9.17) is 38.7 Å². The van der Waals surface area contributed by atoms with Crippen LogP contribution < -0.4 is 15.4 Å². The van der Waals surface area contributed by atoms with Crippen LogP contribution in [0.3, 0.4) is 0 Å². The van der Waals surface area contributed by atoms with Gasteiger partial charge in [-0.05, 0) is 37.3 Å². The van der Waals surface area contributed by atoms with E-state index in [0.29, 0.717) is 29.1 Å². The van der Waals surface area contributed by atoms with Gasteiger partial charge in [0.1, 0.15) is 5.82 Å². The van der Waals surface area contributed by atoms with Crippen molar-refractivity contribution in [2.24, 2.45) is 11.7 Å². The second-order valence-corrected chi connectivity index (χ2v) is 9.08. The molecule has 1 aromatic carbocycles. The highest BCUT2D eigenvalue weighted by molar-refractivity contribution is 6.36. The Morgan fingerprint density at radius 3 is 2.57 bits per heavy atom. The Balaban J connectivity index is 1.94. The highest BCUT2D eigenvalue weighted by Gasteiger charge is 2.23. The smallest absolute Gasteiger partial charge is 0.181 e. The van der Waals surface area contributed by atoms with Crippen LogP contribution in [0.15, 0.2) is 30.6 Å². The lowest BCUT2D eigenvalue weighted by Gasteiger charge is -2.28. The Bertz CT molecular complexity index is 1040. The first-order valence-electron chi connectivity index (χ1n) is 10.6. The number of halogens is 2. The fourth-order valence-electron chi connectivity index (χ4n) is 4.01. The van der Waals surface area contributed by atoms with Gasteiger partial charge in [0.05, 0.1) is 12.8 Å². The lowest BCUT2D eigenvalue weighted by molar-refractivity contribution is 0.270. The van der Waals surface area contributed by atoms with Crippen LogP contribution in [0.1, 0.15) is 38.7 Å². The van der Waals surface area contributed by atoms with E-state index in [-0.39, 0.29) is 0 Å². The third-order valence-electron chi connectivity index (χ3n) is 5.50. The zero-order valence-corrected chi connectivity index (χ0v) is 19.0. The van der Waals surface area contributed by atoms with Crippen LogP contribution in [-0.4, -0.2) is 29.1 Å². The normalized spacial score (nSPS) is 14.7. The average molecular weight is 447 g/mol. The molecule has 2 N–H and O–H groups in total. The molecule has 0 radical (unpaired) electrons. The van der Waals surface area contributed by atoms with E-state index in [2.05, 4.69) is 29.3 Å². The summed E-state index contributed by atoms with van der Waals surface area (Å²) in [6.07, 6.45) is 7.70. The minimum atomic E-state index is 0.324. The summed E-state index contributed by atoms with van der Waals surface area (Å²) >= 11 is 12.7. The highest BCUT2D eigenvalue weighted by Crippen LogP contribution is 2.39. The summed E-state index contributed by atoms with van der Waals surface area (Å²) in [4.78, 5) is 7.13. The Kier molecular flexibility index (Phi) is 6.42. The fraction of sp³-hybridized carbons (Fsp3) is 0.435. The van der Waals surface area contributed by atoms with Gasteiger partial charge in [-0.25, -0.2) is 4.98 Å². The van der Waals surface area contributed by atoms with Crippen LogP contribution in [0.5, 0.6) is 5.75 Å². The highest BCUT2D eigenvalue weighted by atomic mass is 35.5. The second-order valence-electron chi connectivity index (χ2n) is 8.24. The van der Waals surface area contributed by atoms with E-state index in [1.807, 2.05) is 18.3 Å². The second kappa shape index (κ2) is 9.04. The van der Waals surface area contributed by atoms with Gasteiger partial charge in [-0.2, -0.15) is 0 Å². The largest absolute Gasteiger partial charge is 0.489 e. The maximum absolute atomic E-state index is 6.59. The number of imidazole rings is 1. The van der Waals surface area contributed by atoms with Crippen molar-refractivity contribution >= 4 is 34.7 Å². The van der Waals surface area contributed by atoms with E-state index < -0.39 is 0 Å². The number of nitrogens with zero attached hydrogens (tertiary/aromatic N) is 3. The summed E-state index contributed by atoms with van der Waals surface area (Å²) in [5.74, 6) is 2.20. The Morgan fingerprint density at radius 1 is 1.13 bits per heavy atom. The third kappa shape index (κ3) is 4.11. The predicted octanol–water partition coefficient (Wildman–Crippen LogP) is 5.79. The van der Waals surface area contributed by atoms with Gasteiger partial charge in [0, 0.05) is 52.6 Å². The number of hydrogen-bond donors (Lipinski definition) is 1. The van der Waals surface area contributed by atoms with Gasteiger partial charge in [0.15, 0.2) is 11.4 Å². The monoisotopic (exact) mass is 446 g/mol. The molecule has 4 rings (SSSR count). The molecule has 1 aliphatic rings. The molecular formula is C23H28Cl2N4O. The number of rotatable bonds is 6.